The van der Waals surface area contributed by atoms with E-state index < -0.39 is 0 Å². The van der Waals surface area contributed by atoms with Crippen molar-refractivity contribution in [2.75, 3.05) is 13.4 Å². The van der Waals surface area contributed by atoms with Gasteiger partial charge in [-0.3, -0.25) is 0 Å². The van der Waals surface area contributed by atoms with Crippen molar-refractivity contribution in [1.82, 2.24) is 15.2 Å². The molecule has 1 heterocycles. The van der Waals surface area contributed by atoms with E-state index in [1.807, 2.05) is 26.2 Å². The van der Waals surface area contributed by atoms with Crippen LogP contribution in [-0.4, -0.2) is 28.5 Å². The molecule has 1 aromatic carbocycles. The molecule has 0 unspecified atom stereocenters. The Bertz CT molecular complexity index is 555. The zero-order valence-corrected chi connectivity index (χ0v) is 11.7. The fourth-order valence-electron chi connectivity index (χ4n) is 1.89. The zero-order valence-electron chi connectivity index (χ0n) is 10.9. The van der Waals surface area contributed by atoms with Crippen LogP contribution in [0.2, 0.25) is 0 Å². The molecule has 94 valence electrons. The molecule has 0 bridgehead atoms. The summed E-state index contributed by atoms with van der Waals surface area (Å²) in [5, 5.41) is 8.93. The lowest BCUT2D eigenvalue weighted by atomic mass is 10.0. The number of thioether (sulfide) groups is 1. The van der Waals surface area contributed by atoms with Gasteiger partial charge >= 0.3 is 0 Å². The Hall–Kier alpha value is -1.62. The van der Waals surface area contributed by atoms with E-state index in [1.54, 1.807) is 13.3 Å². The van der Waals surface area contributed by atoms with E-state index in [9.17, 15) is 0 Å². The summed E-state index contributed by atoms with van der Waals surface area (Å²) in [5.74, 6) is 0.806. The third-order valence-electron chi connectivity index (χ3n) is 2.64. The third kappa shape index (κ3) is 2.46. The van der Waals surface area contributed by atoms with Crippen LogP contribution in [0, 0.1) is 13.8 Å². The monoisotopic (exact) mass is 261 g/mol. The van der Waals surface area contributed by atoms with Crippen LogP contribution in [-0.2, 0) is 0 Å². The van der Waals surface area contributed by atoms with Gasteiger partial charge in [0, 0.05) is 5.56 Å². The average Bonchev–Trinajstić information content (AvgIpc) is 2.38. The molecule has 0 atom stereocenters. The molecular formula is C13H15N3OS. The zero-order chi connectivity index (χ0) is 13.1. The van der Waals surface area contributed by atoms with Crippen molar-refractivity contribution < 1.29 is 4.74 Å². The summed E-state index contributed by atoms with van der Waals surface area (Å²) in [7, 11) is 1.66. The minimum atomic E-state index is 0.669. The Morgan fingerprint density at radius 1 is 1.17 bits per heavy atom. The van der Waals surface area contributed by atoms with Gasteiger partial charge in [-0.2, -0.15) is 0 Å². The number of aryl methyl sites for hydroxylation is 2. The SMILES string of the molecule is COc1cc(C)cc(C)c1-c1cnc(SC)nn1. The number of ether oxygens (including phenoxy) is 1. The molecule has 4 nitrogen and oxygen atoms in total. The number of rotatable bonds is 3. The number of nitrogens with zero attached hydrogens (tertiary/aromatic N) is 3. The second-order valence-electron chi connectivity index (χ2n) is 3.99. The summed E-state index contributed by atoms with van der Waals surface area (Å²) in [6.45, 7) is 4.08. The minimum Gasteiger partial charge on any atom is -0.496 e. The van der Waals surface area contributed by atoms with Crippen molar-refractivity contribution in [3.8, 4) is 17.0 Å². The largest absolute Gasteiger partial charge is 0.496 e. The van der Waals surface area contributed by atoms with E-state index >= 15 is 0 Å². The highest BCUT2D eigenvalue weighted by Gasteiger charge is 2.12. The van der Waals surface area contributed by atoms with Gasteiger partial charge in [0.2, 0.25) is 5.16 Å². The molecule has 1 aromatic heterocycles. The maximum absolute atomic E-state index is 5.42. The molecule has 0 aliphatic rings. The highest BCUT2D eigenvalue weighted by molar-refractivity contribution is 7.98. The maximum Gasteiger partial charge on any atom is 0.208 e. The lowest BCUT2D eigenvalue weighted by molar-refractivity contribution is 0.415. The molecular weight excluding hydrogens is 246 g/mol. The molecule has 5 heteroatoms. The topological polar surface area (TPSA) is 47.9 Å². The van der Waals surface area contributed by atoms with Crippen molar-refractivity contribution in [2.24, 2.45) is 0 Å². The number of aromatic nitrogens is 3. The van der Waals surface area contributed by atoms with Gasteiger partial charge in [-0.1, -0.05) is 17.8 Å². The van der Waals surface area contributed by atoms with Crippen LogP contribution in [0.15, 0.2) is 23.5 Å². The molecule has 2 rings (SSSR count). The molecule has 2 aromatic rings. The van der Waals surface area contributed by atoms with Crippen molar-refractivity contribution in [3.63, 3.8) is 0 Å². The fraction of sp³-hybridized carbons (Fsp3) is 0.308. The minimum absolute atomic E-state index is 0.669. The molecule has 0 aliphatic heterocycles. The third-order valence-corrected chi connectivity index (χ3v) is 3.20. The molecule has 0 spiro atoms. The van der Waals surface area contributed by atoms with Gasteiger partial charge in [0.15, 0.2) is 0 Å². The standard InChI is InChI=1S/C13H15N3OS/c1-8-5-9(2)12(11(6-8)17-3)10-7-14-13(18-4)16-15-10/h5-7H,1-4H3. The first-order valence-electron chi connectivity index (χ1n) is 5.55. The smallest absolute Gasteiger partial charge is 0.208 e. The molecule has 0 saturated carbocycles. The van der Waals surface area contributed by atoms with Crippen molar-refractivity contribution in [1.29, 1.82) is 0 Å². The predicted octanol–water partition coefficient (Wildman–Crippen LogP) is 2.89. The molecule has 0 N–H and O–H groups in total. The highest BCUT2D eigenvalue weighted by atomic mass is 32.2. The van der Waals surface area contributed by atoms with Gasteiger partial charge in [-0.15, -0.1) is 10.2 Å². The first-order chi connectivity index (χ1) is 8.65. The lowest BCUT2D eigenvalue weighted by Gasteiger charge is -2.11. The average molecular weight is 261 g/mol. The highest BCUT2D eigenvalue weighted by Crippen LogP contribution is 2.32. The van der Waals surface area contributed by atoms with Gasteiger partial charge in [0.1, 0.15) is 11.4 Å². The second-order valence-corrected chi connectivity index (χ2v) is 4.76. The summed E-state index contributed by atoms with van der Waals surface area (Å²) >= 11 is 1.47. The first kappa shape index (κ1) is 12.8. The molecule has 0 saturated heterocycles. The van der Waals surface area contributed by atoms with Gasteiger partial charge in [0.25, 0.3) is 0 Å². The van der Waals surface area contributed by atoms with E-state index in [0.29, 0.717) is 5.16 Å². The summed E-state index contributed by atoms with van der Waals surface area (Å²) < 4.78 is 5.42. The summed E-state index contributed by atoms with van der Waals surface area (Å²) in [5.41, 5.74) is 3.97. The van der Waals surface area contributed by atoms with Gasteiger partial charge in [0.05, 0.1) is 13.3 Å². The van der Waals surface area contributed by atoms with E-state index in [2.05, 4.69) is 21.2 Å². The van der Waals surface area contributed by atoms with Crippen molar-refractivity contribution in [3.05, 3.63) is 29.5 Å². The quantitative estimate of drug-likeness (QED) is 0.795. The molecule has 0 amide bonds. The summed E-state index contributed by atoms with van der Waals surface area (Å²) in [6, 6.07) is 4.09. The molecule has 18 heavy (non-hydrogen) atoms. The second kappa shape index (κ2) is 5.35. The maximum atomic E-state index is 5.42. The van der Waals surface area contributed by atoms with Crippen molar-refractivity contribution in [2.45, 2.75) is 19.0 Å². The Balaban J connectivity index is 2.55. The molecule has 0 aliphatic carbocycles. The fourth-order valence-corrected chi connectivity index (χ4v) is 2.17. The number of hydrogen-bond donors (Lipinski definition) is 0. The molecule has 0 fully saturated rings. The summed E-state index contributed by atoms with van der Waals surface area (Å²) in [6.07, 6.45) is 3.66. The van der Waals surface area contributed by atoms with E-state index in [1.165, 1.54) is 11.8 Å². The van der Waals surface area contributed by atoms with Crippen LogP contribution in [0.3, 0.4) is 0 Å². The van der Waals surface area contributed by atoms with Crippen LogP contribution in [0.5, 0.6) is 5.75 Å². The van der Waals surface area contributed by atoms with Crippen molar-refractivity contribution >= 4 is 11.8 Å². The van der Waals surface area contributed by atoms with Crippen LogP contribution < -0.4 is 4.74 Å². The first-order valence-corrected chi connectivity index (χ1v) is 6.77. The van der Waals surface area contributed by atoms with Crippen LogP contribution in [0.4, 0.5) is 0 Å². The normalized spacial score (nSPS) is 10.4. The van der Waals surface area contributed by atoms with Gasteiger partial charge in [-0.25, -0.2) is 4.98 Å². The Kier molecular flexibility index (Phi) is 3.81. The Morgan fingerprint density at radius 3 is 2.50 bits per heavy atom. The van der Waals surface area contributed by atoms with E-state index in [4.69, 9.17) is 4.74 Å². The lowest BCUT2D eigenvalue weighted by Crippen LogP contribution is -1.97. The van der Waals surface area contributed by atoms with Crippen LogP contribution in [0.25, 0.3) is 11.3 Å². The summed E-state index contributed by atoms with van der Waals surface area (Å²) in [4.78, 5) is 4.25. The molecule has 0 radical (unpaired) electrons. The van der Waals surface area contributed by atoms with Gasteiger partial charge in [-0.05, 0) is 37.3 Å². The predicted molar refractivity (Wildman–Crippen MR) is 73.1 cm³/mol. The Labute approximate surface area is 111 Å². The number of hydrogen-bond acceptors (Lipinski definition) is 5. The number of benzene rings is 1. The van der Waals surface area contributed by atoms with Gasteiger partial charge < -0.3 is 4.74 Å². The van der Waals surface area contributed by atoms with E-state index in [-0.39, 0.29) is 0 Å². The van der Waals surface area contributed by atoms with Crippen LogP contribution in [0.1, 0.15) is 11.1 Å². The van der Waals surface area contributed by atoms with Crippen LogP contribution >= 0.6 is 11.8 Å². The van der Waals surface area contributed by atoms with E-state index in [0.717, 1.165) is 28.1 Å². The number of methoxy groups -OCH3 is 1. The Morgan fingerprint density at radius 2 is 1.94 bits per heavy atom.